The third-order valence-corrected chi connectivity index (χ3v) is 9.16. The number of carbonyl (C=O) groups is 1. The first-order chi connectivity index (χ1) is 16.2. The van der Waals surface area contributed by atoms with Crippen LogP contribution in [-0.2, 0) is 12.7 Å². The van der Waals surface area contributed by atoms with Crippen molar-refractivity contribution in [2.24, 2.45) is 10.8 Å². The van der Waals surface area contributed by atoms with Gasteiger partial charge in [0.05, 0.1) is 18.8 Å². The predicted molar refractivity (Wildman–Crippen MR) is 116 cm³/mol. The van der Waals surface area contributed by atoms with Gasteiger partial charge in [0.2, 0.25) is 0 Å². The smallest absolute Gasteiger partial charge is 0.323 e. The lowest BCUT2D eigenvalue weighted by Gasteiger charge is -2.63. The maximum absolute atomic E-state index is 12.9. The molecule has 0 unspecified atom stereocenters. The molecule has 7 rings (SSSR count). The summed E-state index contributed by atoms with van der Waals surface area (Å²) in [6, 6.07) is 0.542. The largest absolute Gasteiger partial charge is 0.427 e. The van der Waals surface area contributed by atoms with Crippen LogP contribution in [0.15, 0.2) is 12.5 Å². The molecule has 2 aliphatic carbocycles. The summed E-state index contributed by atoms with van der Waals surface area (Å²) in [6.45, 7) is 5.20. The van der Waals surface area contributed by atoms with Gasteiger partial charge in [-0.3, -0.25) is 4.90 Å². The lowest BCUT2D eigenvalue weighted by atomic mass is 9.60. The first-order valence-corrected chi connectivity index (χ1v) is 12.7. The molecule has 2 amide bonds. The quantitative estimate of drug-likeness (QED) is 0.654. The molecule has 2 aromatic rings. The number of rotatable bonds is 4. The topological polar surface area (TPSA) is 70.4 Å². The molecular formula is C22H26F3N7OS. The Morgan fingerprint density at radius 1 is 1.03 bits per heavy atom. The number of likely N-dealkylation sites (tertiary alicyclic amines) is 3. The van der Waals surface area contributed by atoms with Gasteiger partial charge in [-0.2, -0.15) is 18.3 Å². The number of aromatic nitrogens is 4. The summed E-state index contributed by atoms with van der Waals surface area (Å²) in [4.78, 5) is 26.6. The highest BCUT2D eigenvalue weighted by atomic mass is 32.1. The van der Waals surface area contributed by atoms with E-state index in [1.54, 1.807) is 0 Å². The Kier molecular flexibility index (Phi) is 4.30. The van der Waals surface area contributed by atoms with E-state index in [0.29, 0.717) is 34.8 Å². The third-order valence-electron chi connectivity index (χ3n) is 8.14. The van der Waals surface area contributed by atoms with Crippen molar-refractivity contribution in [3.05, 3.63) is 28.2 Å². The first-order valence-electron chi connectivity index (χ1n) is 11.9. The molecule has 5 fully saturated rings. The Balaban J connectivity index is 0.844. The van der Waals surface area contributed by atoms with Crippen molar-refractivity contribution < 1.29 is 18.0 Å². The standard InChI is InChI=1S/C22H26F3N7OS/c23-22(24,25)16-5-26-17(34-16)6-29-7-21(8-29)11-31(12-21)19(33)30-9-20(10-30)3-15(4-20)32-13-27-18(28-32)14-1-2-14/h5,13-15H,1-4,6-12H2. The van der Waals surface area contributed by atoms with Crippen LogP contribution >= 0.6 is 11.3 Å². The second kappa shape index (κ2) is 6.93. The van der Waals surface area contributed by atoms with E-state index in [1.807, 2.05) is 20.8 Å². The van der Waals surface area contributed by atoms with Crippen LogP contribution in [0.2, 0.25) is 0 Å². The fourth-order valence-electron chi connectivity index (χ4n) is 6.30. The van der Waals surface area contributed by atoms with Crippen LogP contribution < -0.4 is 0 Å². The molecule has 5 aliphatic rings. The van der Waals surface area contributed by atoms with Crippen molar-refractivity contribution in [2.45, 2.75) is 50.4 Å². The second-order valence-electron chi connectivity index (χ2n) is 11.2. The summed E-state index contributed by atoms with van der Waals surface area (Å²) in [5.41, 5.74) is 0.362. The molecule has 34 heavy (non-hydrogen) atoms. The van der Waals surface area contributed by atoms with Gasteiger partial charge in [0.1, 0.15) is 16.2 Å². The molecule has 182 valence electrons. The Labute approximate surface area is 198 Å². The van der Waals surface area contributed by atoms with E-state index in [0.717, 1.165) is 64.1 Å². The van der Waals surface area contributed by atoms with E-state index >= 15 is 0 Å². The van der Waals surface area contributed by atoms with Crippen molar-refractivity contribution in [3.8, 4) is 0 Å². The molecule has 2 saturated carbocycles. The minimum atomic E-state index is -4.33. The van der Waals surface area contributed by atoms with Crippen LogP contribution in [0.3, 0.4) is 0 Å². The van der Waals surface area contributed by atoms with Crippen LogP contribution in [0, 0.1) is 10.8 Å². The molecule has 2 spiro atoms. The molecule has 2 aromatic heterocycles. The number of halogens is 3. The average Bonchev–Trinajstić information content (AvgIpc) is 3.19. The van der Waals surface area contributed by atoms with Gasteiger partial charge in [0, 0.05) is 56.0 Å². The number of hydrogen-bond donors (Lipinski definition) is 0. The molecule has 0 aromatic carbocycles. The van der Waals surface area contributed by atoms with Crippen LogP contribution in [0.25, 0.3) is 0 Å². The minimum absolute atomic E-state index is 0.107. The fourth-order valence-corrected chi connectivity index (χ4v) is 7.12. The van der Waals surface area contributed by atoms with E-state index in [2.05, 4.69) is 20.0 Å². The molecule has 0 atom stereocenters. The number of alkyl halides is 3. The molecule has 0 radical (unpaired) electrons. The maximum atomic E-state index is 12.9. The summed E-state index contributed by atoms with van der Waals surface area (Å²) in [5.74, 6) is 1.56. The Morgan fingerprint density at radius 2 is 1.71 bits per heavy atom. The van der Waals surface area contributed by atoms with Gasteiger partial charge in [-0.05, 0) is 25.7 Å². The van der Waals surface area contributed by atoms with E-state index in [4.69, 9.17) is 0 Å². The summed E-state index contributed by atoms with van der Waals surface area (Å²) >= 11 is 0.716. The lowest BCUT2D eigenvalue weighted by Crippen LogP contribution is -2.75. The number of nitrogens with zero attached hydrogens (tertiary/aromatic N) is 7. The molecule has 12 heteroatoms. The zero-order valence-corrected chi connectivity index (χ0v) is 19.5. The fraction of sp³-hybridized carbons (Fsp3) is 0.727. The second-order valence-corrected chi connectivity index (χ2v) is 12.3. The SMILES string of the molecule is O=C(N1CC2(CC(n3cnc(C4CC4)n3)C2)C1)N1CC2(CN(Cc3ncc(C(F)(F)F)s3)C2)C1. The first kappa shape index (κ1) is 21.1. The normalized spacial score (nSPS) is 25.7. The number of hydrogen-bond acceptors (Lipinski definition) is 6. The van der Waals surface area contributed by atoms with Gasteiger partial charge in [-0.1, -0.05) is 0 Å². The van der Waals surface area contributed by atoms with Crippen molar-refractivity contribution in [2.75, 3.05) is 39.3 Å². The highest BCUT2D eigenvalue weighted by molar-refractivity contribution is 7.11. The van der Waals surface area contributed by atoms with Gasteiger partial charge in [-0.15, -0.1) is 11.3 Å². The van der Waals surface area contributed by atoms with Crippen molar-refractivity contribution in [1.82, 2.24) is 34.4 Å². The third kappa shape index (κ3) is 3.43. The van der Waals surface area contributed by atoms with Gasteiger partial charge >= 0.3 is 12.2 Å². The van der Waals surface area contributed by atoms with Gasteiger partial charge in [0.15, 0.2) is 5.82 Å². The zero-order chi connectivity index (χ0) is 23.3. The summed E-state index contributed by atoms with van der Waals surface area (Å²) in [7, 11) is 0. The van der Waals surface area contributed by atoms with Crippen molar-refractivity contribution in [1.29, 1.82) is 0 Å². The van der Waals surface area contributed by atoms with E-state index in [1.165, 1.54) is 12.8 Å². The summed E-state index contributed by atoms with van der Waals surface area (Å²) in [5, 5.41) is 5.15. The van der Waals surface area contributed by atoms with Gasteiger partial charge < -0.3 is 9.80 Å². The van der Waals surface area contributed by atoms with Crippen molar-refractivity contribution >= 4 is 17.4 Å². The Hall–Kier alpha value is -2.21. The van der Waals surface area contributed by atoms with Crippen LogP contribution in [0.4, 0.5) is 18.0 Å². The summed E-state index contributed by atoms with van der Waals surface area (Å²) in [6.07, 6.45) is 3.01. The number of thiazole rings is 1. The molecule has 3 aliphatic heterocycles. The highest BCUT2D eigenvalue weighted by Crippen LogP contribution is 2.54. The molecule has 3 saturated heterocycles. The maximum Gasteiger partial charge on any atom is 0.427 e. The Morgan fingerprint density at radius 3 is 2.32 bits per heavy atom. The predicted octanol–water partition coefficient (Wildman–Crippen LogP) is 3.21. The van der Waals surface area contributed by atoms with E-state index in [9.17, 15) is 18.0 Å². The molecular weight excluding hydrogens is 467 g/mol. The highest BCUT2D eigenvalue weighted by Gasteiger charge is 2.58. The minimum Gasteiger partial charge on any atom is -0.323 e. The van der Waals surface area contributed by atoms with Gasteiger partial charge in [-0.25, -0.2) is 19.4 Å². The Bertz CT molecular complexity index is 1110. The molecule has 0 N–H and O–H groups in total. The number of carbonyl (C=O) groups excluding carboxylic acids is 1. The molecule has 0 bridgehead atoms. The van der Waals surface area contributed by atoms with Crippen LogP contribution in [-0.4, -0.2) is 79.7 Å². The number of amides is 2. The average molecular weight is 494 g/mol. The molecule has 5 heterocycles. The monoisotopic (exact) mass is 493 g/mol. The summed E-state index contributed by atoms with van der Waals surface area (Å²) < 4.78 is 40.3. The van der Waals surface area contributed by atoms with Gasteiger partial charge in [0.25, 0.3) is 0 Å². The number of urea groups is 1. The molecule has 8 nitrogen and oxygen atoms in total. The lowest BCUT2D eigenvalue weighted by molar-refractivity contribution is -0.134. The zero-order valence-electron chi connectivity index (χ0n) is 18.7. The van der Waals surface area contributed by atoms with Crippen LogP contribution in [0.1, 0.15) is 53.4 Å². The van der Waals surface area contributed by atoms with E-state index < -0.39 is 11.1 Å². The van der Waals surface area contributed by atoms with Crippen LogP contribution in [0.5, 0.6) is 0 Å². The van der Waals surface area contributed by atoms with E-state index in [-0.39, 0.29) is 16.9 Å². The van der Waals surface area contributed by atoms with Crippen molar-refractivity contribution in [3.63, 3.8) is 0 Å².